The van der Waals surface area contributed by atoms with Gasteiger partial charge in [-0.15, -0.1) is 0 Å². The van der Waals surface area contributed by atoms with E-state index in [1.807, 2.05) is 4.90 Å². The summed E-state index contributed by atoms with van der Waals surface area (Å²) in [6.07, 6.45) is -4.90. The average molecular weight is 552 g/mol. The lowest BCUT2D eigenvalue weighted by atomic mass is 10.0. The maximum absolute atomic E-state index is 13.5. The molecule has 0 unspecified atom stereocenters. The molecular formula is C25H24F4N4O6. The van der Waals surface area contributed by atoms with Gasteiger partial charge in [-0.05, 0) is 31.0 Å². The molecule has 1 atom stereocenters. The second-order valence-corrected chi connectivity index (χ2v) is 9.35. The first-order chi connectivity index (χ1) is 18.5. The minimum atomic E-state index is -5.18. The lowest BCUT2D eigenvalue weighted by Crippen LogP contribution is -2.42. The van der Waals surface area contributed by atoms with Crippen LogP contribution in [0.1, 0.15) is 24.8 Å². The number of nitrogens with one attached hydrogen (secondary N) is 1. The number of fused-ring (bicyclic) bond motifs is 2. The normalized spacial score (nSPS) is 16.2. The molecule has 5 rings (SSSR count). The zero-order valence-electron chi connectivity index (χ0n) is 20.6. The highest BCUT2D eigenvalue weighted by Gasteiger charge is 2.41. The van der Waals surface area contributed by atoms with E-state index in [1.54, 1.807) is 10.6 Å². The van der Waals surface area contributed by atoms with Gasteiger partial charge < -0.3 is 28.9 Å². The molecular weight excluding hydrogens is 528 g/mol. The number of aryl methyl sites for hydroxylation is 1. The van der Waals surface area contributed by atoms with Crippen molar-refractivity contribution in [3.05, 3.63) is 52.5 Å². The summed E-state index contributed by atoms with van der Waals surface area (Å²) in [5.41, 5.74) is 1.02. The minimum absolute atomic E-state index is 0.0118. The van der Waals surface area contributed by atoms with Crippen molar-refractivity contribution in [2.24, 2.45) is 0 Å². The van der Waals surface area contributed by atoms with E-state index in [-0.39, 0.29) is 47.6 Å². The van der Waals surface area contributed by atoms with E-state index in [0.29, 0.717) is 37.0 Å². The molecule has 2 N–H and O–H groups in total. The number of H-pyrrole nitrogens is 1. The van der Waals surface area contributed by atoms with Crippen LogP contribution in [0.25, 0.3) is 22.1 Å². The molecule has 0 radical (unpaired) electrons. The van der Waals surface area contributed by atoms with Crippen molar-refractivity contribution in [3.63, 3.8) is 0 Å². The topological polar surface area (TPSA) is 123 Å². The van der Waals surface area contributed by atoms with Crippen LogP contribution in [-0.4, -0.2) is 69.0 Å². The van der Waals surface area contributed by atoms with Crippen LogP contribution in [0, 0.1) is 12.7 Å². The number of aromatic amines is 1. The number of piperidine rings is 1. The van der Waals surface area contributed by atoms with Crippen molar-refractivity contribution in [1.82, 2.24) is 19.4 Å². The Bertz CT molecular complexity index is 1570. The molecule has 0 bridgehead atoms. The highest BCUT2D eigenvalue weighted by atomic mass is 19.4. The Labute approximate surface area is 217 Å². The molecule has 0 aliphatic carbocycles. The van der Waals surface area contributed by atoms with E-state index in [4.69, 9.17) is 9.15 Å². The third kappa shape index (κ3) is 5.76. The maximum Gasteiger partial charge on any atom is 0.491 e. The van der Waals surface area contributed by atoms with Crippen molar-refractivity contribution < 1.29 is 41.4 Å². The molecule has 1 fully saturated rings. The number of rotatable bonds is 7. The second-order valence-electron chi connectivity index (χ2n) is 9.35. The van der Waals surface area contributed by atoms with Crippen LogP contribution in [0.15, 0.2) is 39.5 Å². The number of imidazole rings is 1. The van der Waals surface area contributed by atoms with Crippen molar-refractivity contribution in [2.45, 2.75) is 38.1 Å². The number of hydrogen-bond donors (Lipinski definition) is 2. The van der Waals surface area contributed by atoms with Gasteiger partial charge >= 0.3 is 17.8 Å². The van der Waals surface area contributed by atoms with Gasteiger partial charge in [0.2, 0.25) is 0 Å². The first-order valence-electron chi connectivity index (χ1n) is 12.1. The van der Waals surface area contributed by atoms with Crippen LogP contribution in [0.4, 0.5) is 17.6 Å². The number of carbonyl (C=O) groups excluding carboxylic acids is 1. The Balaban J connectivity index is 1.20. The van der Waals surface area contributed by atoms with Gasteiger partial charge in [0.15, 0.2) is 22.7 Å². The van der Waals surface area contributed by atoms with Gasteiger partial charge in [0, 0.05) is 44.7 Å². The van der Waals surface area contributed by atoms with Gasteiger partial charge in [-0.3, -0.25) is 4.57 Å². The van der Waals surface area contributed by atoms with Crippen LogP contribution in [0.3, 0.4) is 0 Å². The largest absolute Gasteiger partial charge is 0.491 e. The van der Waals surface area contributed by atoms with E-state index in [2.05, 4.69) is 14.7 Å². The van der Waals surface area contributed by atoms with E-state index >= 15 is 0 Å². The van der Waals surface area contributed by atoms with Crippen molar-refractivity contribution in [3.8, 4) is 11.5 Å². The number of aliphatic hydroxyl groups is 1. The number of carbonyl (C=O) groups is 1. The summed E-state index contributed by atoms with van der Waals surface area (Å²) in [5.74, 6) is -3.06. The van der Waals surface area contributed by atoms with Crippen LogP contribution in [0.5, 0.6) is 11.5 Å². The fourth-order valence-corrected chi connectivity index (χ4v) is 4.78. The van der Waals surface area contributed by atoms with Gasteiger partial charge in [-0.1, -0.05) is 0 Å². The number of alkyl halides is 3. The first kappa shape index (κ1) is 26.7. The van der Waals surface area contributed by atoms with Gasteiger partial charge in [-0.2, -0.15) is 13.2 Å². The summed E-state index contributed by atoms with van der Waals surface area (Å²) < 4.78 is 68.4. The van der Waals surface area contributed by atoms with Gasteiger partial charge in [-0.25, -0.2) is 19.0 Å². The molecule has 39 heavy (non-hydrogen) atoms. The maximum atomic E-state index is 13.5. The molecule has 0 saturated carbocycles. The predicted molar refractivity (Wildman–Crippen MR) is 129 cm³/mol. The number of nitrogens with zero attached hydrogens (tertiary/aromatic N) is 3. The predicted octanol–water partition coefficient (Wildman–Crippen LogP) is 3.46. The molecule has 4 aromatic rings. The number of aromatic nitrogens is 3. The fraction of sp³-hybridized carbons (Fsp3) is 0.400. The van der Waals surface area contributed by atoms with Crippen molar-refractivity contribution in [1.29, 1.82) is 0 Å². The standard InChI is InChI=1S/C25H24F4N4O6/c1-13-30-22-20(9-17(10-21(22)38-13)39-23(35)25(27,28)29)37-12-16(34)11-32-6-4-15(5-7-32)33-19-3-2-14(26)8-18(19)31-24(33)36/h2-3,8-10,15-16,34H,4-7,11-12H2,1H3,(H,31,36)/t16-/m0/s1. The van der Waals surface area contributed by atoms with Gasteiger partial charge in [0.05, 0.1) is 11.0 Å². The Kier molecular flexibility index (Phi) is 7.07. The number of oxazole rings is 1. The van der Waals surface area contributed by atoms with Crippen LogP contribution in [-0.2, 0) is 4.79 Å². The van der Waals surface area contributed by atoms with Crippen LogP contribution in [0.2, 0.25) is 0 Å². The van der Waals surface area contributed by atoms with Crippen LogP contribution < -0.4 is 15.2 Å². The average Bonchev–Trinajstić information content (AvgIpc) is 3.40. The number of esters is 1. The molecule has 1 aliphatic rings. The smallest absolute Gasteiger partial charge is 0.488 e. The Morgan fingerprint density at radius 3 is 2.72 bits per heavy atom. The molecule has 1 aliphatic heterocycles. The molecule has 2 aromatic heterocycles. The fourth-order valence-electron chi connectivity index (χ4n) is 4.78. The van der Waals surface area contributed by atoms with E-state index < -0.39 is 29.8 Å². The number of likely N-dealkylation sites (tertiary alicyclic amines) is 1. The quantitative estimate of drug-likeness (QED) is 0.203. The van der Waals surface area contributed by atoms with Crippen LogP contribution >= 0.6 is 0 Å². The second kappa shape index (κ2) is 10.3. The van der Waals surface area contributed by atoms with Gasteiger partial charge in [0.25, 0.3) is 0 Å². The highest BCUT2D eigenvalue weighted by Crippen LogP contribution is 2.33. The van der Waals surface area contributed by atoms with E-state index in [1.165, 1.54) is 19.1 Å². The van der Waals surface area contributed by atoms with E-state index in [9.17, 15) is 32.3 Å². The third-order valence-corrected chi connectivity index (χ3v) is 6.48. The minimum Gasteiger partial charge on any atom is -0.488 e. The molecule has 208 valence electrons. The third-order valence-electron chi connectivity index (χ3n) is 6.48. The zero-order chi connectivity index (χ0) is 27.9. The van der Waals surface area contributed by atoms with Crippen molar-refractivity contribution >= 4 is 28.1 Å². The highest BCUT2D eigenvalue weighted by molar-refractivity contribution is 5.84. The van der Waals surface area contributed by atoms with Crippen molar-refractivity contribution in [2.75, 3.05) is 26.2 Å². The van der Waals surface area contributed by atoms with E-state index in [0.717, 1.165) is 12.1 Å². The number of ether oxygens (including phenoxy) is 2. The molecule has 2 aromatic carbocycles. The number of aliphatic hydroxyl groups excluding tert-OH is 1. The summed E-state index contributed by atoms with van der Waals surface area (Å²) in [6, 6.07) is 6.25. The molecule has 10 nitrogen and oxygen atoms in total. The molecule has 1 saturated heterocycles. The monoisotopic (exact) mass is 552 g/mol. The Morgan fingerprint density at radius 2 is 2.00 bits per heavy atom. The number of halogens is 4. The molecule has 0 amide bonds. The molecule has 3 heterocycles. The molecule has 14 heteroatoms. The Hall–Kier alpha value is -3.91. The summed E-state index contributed by atoms with van der Waals surface area (Å²) >= 11 is 0. The molecule has 0 spiro atoms. The first-order valence-corrected chi connectivity index (χ1v) is 12.1. The zero-order valence-corrected chi connectivity index (χ0v) is 20.6. The summed E-state index contributed by atoms with van der Waals surface area (Å²) in [5, 5.41) is 10.6. The lowest BCUT2D eigenvalue weighted by Gasteiger charge is -2.33. The van der Waals surface area contributed by atoms with Gasteiger partial charge in [0.1, 0.15) is 24.3 Å². The number of β-amino-alcohol motifs (C(OH)–C–C–N with tert-alkyl or cyclic N) is 1. The summed E-state index contributed by atoms with van der Waals surface area (Å²) in [7, 11) is 0. The SMILES string of the molecule is Cc1nc2c(OC[C@@H](O)CN3CCC(n4c(=O)[nH]c5cc(F)ccc54)CC3)cc(OC(=O)C(F)(F)F)cc2o1. The summed E-state index contributed by atoms with van der Waals surface area (Å²) in [6.45, 7) is 2.72. The number of benzene rings is 2. The summed E-state index contributed by atoms with van der Waals surface area (Å²) in [4.78, 5) is 32.6. The number of hydrogen-bond acceptors (Lipinski definition) is 8. The lowest BCUT2D eigenvalue weighted by molar-refractivity contribution is -0.189. The Morgan fingerprint density at radius 1 is 1.26 bits per heavy atom.